The average Bonchev–Trinajstić information content (AvgIpc) is 0.918. The van der Waals surface area contributed by atoms with Crippen LogP contribution in [0.15, 0.2) is 0 Å². The van der Waals surface area contributed by atoms with Gasteiger partial charge < -0.3 is 0 Å². The maximum Gasteiger partial charge on any atom is 3.00 e. The normalized spacial score (nSPS) is 4.50. The van der Waals surface area contributed by atoms with Gasteiger partial charge in [0.15, 0.2) is 0 Å². The van der Waals surface area contributed by atoms with Gasteiger partial charge in [0.1, 0.15) is 0 Å². The van der Waals surface area contributed by atoms with Gasteiger partial charge in [-0.2, -0.15) is 0 Å². The first-order valence-electron chi connectivity index (χ1n) is 1.15. The zero-order valence-corrected chi connectivity index (χ0v) is 5.79. The Morgan fingerprint density at radius 2 is 1.25 bits per heavy atom. The van der Waals surface area contributed by atoms with Crippen LogP contribution in [0.5, 0.6) is 0 Å². The monoisotopic (exact) mass is 107 g/mol. The molecule has 2 radical (unpaired) electrons. The van der Waals surface area contributed by atoms with Crippen molar-refractivity contribution in [2.45, 2.75) is 13.1 Å². The molecule has 0 aromatic heterocycles. The Morgan fingerprint density at radius 1 is 1.25 bits per heavy atom. The van der Waals surface area contributed by atoms with E-state index in [2.05, 4.69) is 13.1 Å². The molecule has 4 heavy (non-hydrogen) atoms. The van der Waals surface area contributed by atoms with Crippen molar-refractivity contribution in [2.24, 2.45) is 0 Å². The van der Waals surface area contributed by atoms with E-state index in [1.165, 1.54) is 0 Å². The van der Waals surface area contributed by atoms with Gasteiger partial charge in [-0.15, -0.1) is 0 Å². The van der Waals surface area contributed by atoms with Crippen LogP contribution in [0.1, 0.15) is 0 Å². The van der Waals surface area contributed by atoms with Gasteiger partial charge in [0.2, 0.25) is 0 Å². The van der Waals surface area contributed by atoms with Crippen molar-refractivity contribution >= 4 is 9.52 Å². The standard InChI is InChI=1S/C2H7Si.Ti/c1-3-2;/h3H,1-2H3;/q;+3. The van der Waals surface area contributed by atoms with E-state index in [9.17, 15) is 0 Å². The summed E-state index contributed by atoms with van der Waals surface area (Å²) in [5.74, 6) is 0. The van der Waals surface area contributed by atoms with E-state index in [0.29, 0.717) is 0 Å². The molecule has 0 aliphatic carbocycles. The van der Waals surface area contributed by atoms with Gasteiger partial charge in [-0.25, -0.2) is 0 Å². The minimum atomic E-state index is 0. The van der Waals surface area contributed by atoms with Gasteiger partial charge in [-0.05, 0) is 0 Å². The van der Waals surface area contributed by atoms with Crippen LogP contribution in [0, 0.1) is 0 Å². The second-order valence-corrected chi connectivity index (χ2v) is 1.73. The van der Waals surface area contributed by atoms with Crippen molar-refractivity contribution in [2.75, 3.05) is 0 Å². The summed E-state index contributed by atoms with van der Waals surface area (Å²) in [7, 11) is 0.750. The molecule has 0 bridgehead atoms. The molecule has 0 fully saturated rings. The molecule has 0 spiro atoms. The van der Waals surface area contributed by atoms with E-state index in [0.717, 1.165) is 9.52 Å². The van der Waals surface area contributed by atoms with Gasteiger partial charge >= 0.3 is 21.7 Å². The molecule has 0 aromatic carbocycles. The third-order valence-electron chi connectivity index (χ3n) is 0. The molecule has 0 saturated heterocycles. The Hall–Kier alpha value is 0.931. The van der Waals surface area contributed by atoms with Gasteiger partial charge in [0.25, 0.3) is 0 Å². The Labute approximate surface area is 44.7 Å². The predicted molar refractivity (Wildman–Crippen MR) is 18.9 cm³/mol. The molecule has 0 aliphatic heterocycles. The molecule has 0 amide bonds. The van der Waals surface area contributed by atoms with Crippen LogP contribution in [0.2, 0.25) is 13.1 Å². The van der Waals surface area contributed by atoms with Crippen LogP contribution in [-0.4, -0.2) is 9.52 Å². The Kier molecular flexibility index (Phi) is 20.1. The zero-order valence-electron chi connectivity index (χ0n) is 3.08. The first-order chi connectivity index (χ1) is 1.41. The van der Waals surface area contributed by atoms with E-state index < -0.39 is 0 Å². The number of hydrogen-bond donors (Lipinski definition) is 0. The fraction of sp³-hybridized carbons (Fsp3) is 1.00. The third-order valence-corrected chi connectivity index (χ3v) is 0. The summed E-state index contributed by atoms with van der Waals surface area (Å²) < 4.78 is 0. The van der Waals surface area contributed by atoms with E-state index in [4.69, 9.17) is 0 Å². The molecule has 0 aliphatic rings. The van der Waals surface area contributed by atoms with Crippen molar-refractivity contribution in [3.63, 3.8) is 0 Å². The molecule has 0 nitrogen and oxygen atoms in total. The molecule has 20 valence electrons. The fourth-order valence-electron chi connectivity index (χ4n) is 0. The largest absolute Gasteiger partial charge is 3.00 e. The van der Waals surface area contributed by atoms with Crippen LogP contribution in [0.25, 0.3) is 0 Å². The van der Waals surface area contributed by atoms with E-state index in [-0.39, 0.29) is 21.7 Å². The number of rotatable bonds is 0. The SMILES string of the molecule is C[SiH]C.[Ti+3]. The van der Waals surface area contributed by atoms with Gasteiger partial charge in [-0.1, -0.05) is 13.1 Å². The summed E-state index contributed by atoms with van der Waals surface area (Å²) in [4.78, 5) is 0. The second kappa shape index (κ2) is 9.06. The minimum Gasteiger partial charge on any atom is -0.0743 e. The first kappa shape index (κ1) is 8.87. The van der Waals surface area contributed by atoms with Gasteiger partial charge in [0.05, 0.1) is 0 Å². The summed E-state index contributed by atoms with van der Waals surface area (Å²) in [6, 6.07) is 0. The summed E-state index contributed by atoms with van der Waals surface area (Å²) in [5.41, 5.74) is 0. The molecule has 0 N–H and O–H groups in total. The first-order valence-corrected chi connectivity index (χ1v) is 3.46. The Bertz CT molecular complexity index is 6.00. The molecular formula is C2H7SiTi+3. The summed E-state index contributed by atoms with van der Waals surface area (Å²) in [5, 5.41) is 0. The van der Waals surface area contributed by atoms with Crippen molar-refractivity contribution in [3.8, 4) is 0 Å². The van der Waals surface area contributed by atoms with Crippen molar-refractivity contribution in [1.82, 2.24) is 0 Å². The second-order valence-electron chi connectivity index (χ2n) is 0.577. The average molecular weight is 107 g/mol. The van der Waals surface area contributed by atoms with Crippen molar-refractivity contribution in [3.05, 3.63) is 0 Å². The molecule has 2 heteroatoms. The maximum absolute atomic E-state index is 2.21. The summed E-state index contributed by atoms with van der Waals surface area (Å²) >= 11 is 0. The maximum atomic E-state index is 2.21. The van der Waals surface area contributed by atoms with Crippen LogP contribution in [0.4, 0.5) is 0 Å². The van der Waals surface area contributed by atoms with Crippen LogP contribution >= 0.6 is 0 Å². The smallest absolute Gasteiger partial charge is 0.0743 e. The number of hydrogen-bond acceptors (Lipinski definition) is 0. The molecule has 0 saturated carbocycles. The molecule has 0 atom stereocenters. The predicted octanol–water partition coefficient (Wildman–Crippen LogP) is 0.517. The third kappa shape index (κ3) is 12.6. The van der Waals surface area contributed by atoms with Crippen LogP contribution in [0.3, 0.4) is 0 Å². The molecule has 0 unspecified atom stereocenters. The van der Waals surface area contributed by atoms with Gasteiger partial charge in [0, 0.05) is 9.52 Å². The Morgan fingerprint density at radius 3 is 1.25 bits per heavy atom. The van der Waals surface area contributed by atoms with E-state index in [1.807, 2.05) is 0 Å². The van der Waals surface area contributed by atoms with Gasteiger partial charge in [-0.3, -0.25) is 0 Å². The zero-order chi connectivity index (χ0) is 2.71. The Balaban J connectivity index is 0. The molecule has 0 rings (SSSR count). The quantitative estimate of drug-likeness (QED) is 0.396. The summed E-state index contributed by atoms with van der Waals surface area (Å²) in [6.45, 7) is 4.42. The van der Waals surface area contributed by atoms with E-state index in [1.54, 1.807) is 0 Å². The summed E-state index contributed by atoms with van der Waals surface area (Å²) in [6.07, 6.45) is 0. The van der Waals surface area contributed by atoms with Crippen LogP contribution in [-0.2, 0) is 21.7 Å². The fourth-order valence-corrected chi connectivity index (χ4v) is 0. The minimum absolute atomic E-state index is 0. The molecule has 0 heterocycles. The van der Waals surface area contributed by atoms with Crippen LogP contribution < -0.4 is 0 Å². The van der Waals surface area contributed by atoms with Crippen molar-refractivity contribution < 1.29 is 21.7 Å². The van der Waals surface area contributed by atoms with Crippen molar-refractivity contribution in [1.29, 1.82) is 0 Å². The molecule has 0 aromatic rings. The topological polar surface area (TPSA) is 0 Å². The van der Waals surface area contributed by atoms with E-state index >= 15 is 0 Å². The molecular weight excluding hydrogens is 100.0 g/mol.